The van der Waals surface area contributed by atoms with Gasteiger partial charge in [0.2, 0.25) is 5.91 Å². The molecule has 0 aliphatic heterocycles. The van der Waals surface area contributed by atoms with Crippen molar-refractivity contribution in [2.24, 2.45) is 0 Å². The number of anilines is 1. The van der Waals surface area contributed by atoms with Crippen molar-refractivity contribution in [3.63, 3.8) is 0 Å². The van der Waals surface area contributed by atoms with Gasteiger partial charge in [-0.15, -0.1) is 10.2 Å². The summed E-state index contributed by atoms with van der Waals surface area (Å²) >= 11 is 1.37. The Morgan fingerprint density at radius 3 is 2.55 bits per heavy atom. The highest BCUT2D eigenvalue weighted by Crippen LogP contribution is 2.26. The van der Waals surface area contributed by atoms with Crippen LogP contribution in [0.5, 0.6) is 0 Å². The summed E-state index contributed by atoms with van der Waals surface area (Å²) in [4.78, 5) is 14.5. The summed E-state index contributed by atoms with van der Waals surface area (Å²) < 4.78 is 2.03. The van der Waals surface area contributed by atoms with Crippen molar-refractivity contribution in [2.75, 3.05) is 17.2 Å². The average Bonchev–Trinajstić information content (AvgIpc) is 3.16. The summed E-state index contributed by atoms with van der Waals surface area (Å²) in [5, 5.41) is 18.4. The topological polar surface area (TPSA) is 74.8 Å². The van der Waals surface area contributed by atoms with Crippen LogP contribution in [0.3, 0.4) is 0 Å². The lowest BCUT2D eigenvalue weighted by Gasteiger charge is -2.21. The maximum Gasteiger partial charge on any atom is 0.237 e. The molecule has 148 valence electrons. The van der Waals surface area contributed by atoms with Crippen LogP contribution >= 0.6 is 11.8 Å². The highest BCUT2D eigenvalue weighted by atomic mass is 32.2. The van der Waals surface area contributed by atoms with E-state index >= 15 is 0 Å². The Hall–Kier alpha value is -3.11. The molecule has 6 nitrogen and oxygen atoms in total. The zero-order chi connectivity index (χ0) is 20.6. The number of nitrogens with zero attached hydrogens (tertiary/aromatic N) is 5. The van der Waals surface area contributed by atoms with Gasteiger partial charge in [0.1, 0.15) is 0 Å². The Morgan fingerprint density at radius 2 is 1.86 bits per heavy atom. The molecule has 0 fully saturated rings. The van der Waals surface area contributed by atoms with Crippen LogP contribution in [0.1, 0.15) is 18.9 Å². The maximum atomic E-state index is 12.9. The normalized spacial score (nSPS) is 10.5. The van der Waals surface area contributed by atoms with E-state index in [4.69, 9.17) is 5.26 Å². The standard InChI is InChI=1S/C22H23N5OS/c1-3-26-21(19-13-8-7-10-17(19)2)24-25-22(26)29-16-20(28)27(15-9-14-23)18-11-5-4-6-12-18/h4-8,10-13H,3,9,15-16H2,1-2H3. The summed E-state index contributed by atoms with van der Waals surface area (Å²) in [6, 6.07) is 19.6. The first-order valence-corrected chi connectivity index (χ1v) is 10.5. The molecule has 0 N–H and O–H groups in total. The van der Waals surface area contributed by atoms with Crippen LogP contribution in [0.15, 0.2) is 59.8 Å². The van der Waals surface area contributed by atoms with Crippen LogP contribution in [-0.2, 0) is 11.3 Å². The monoisotopic (exact) mass is 405 g/mol. The molecule has 0 spiro atoms. The molecule has 3 rings (SSSR count). The van der Waals surface area contributed by atoms with Crippen molar-refractivity contribution in [1.29, 1.82) is 5.26 Å². The predicted molar refractivity (Wildman–Crippen MR) is 116 cm³/mol. The minimum absolute atomic E-state index is 0.0560. The SMILES string of the molecule is CCn1c(SCC(=O)N(CCC#N)c2ccccc2)nnc1-c1ccccc1C. The number of nitriles is 1. The van der Waals surface area contributed by atoms with Crippen molar-refractivity contribution in [3.8, 4) is 17.5 Å². The van der Waals surface area contributed by atoms with E-state index in [2.05, 4.69) is 16.3 Å². The van der Waals surface area contributed by atoms with Gasteiger partial charge in [0, 0.05) is 24.3 Å². The van der Waals surface area contributed by atoms with Gasteiger partial charge in [0.15, 0.2) is 11.0 Å². The third kappa shape index (κ3) is 4.84. The smallest absolute Gasteiger partial charge is 0.237 e. The van der Waals surface area contributed by atoms with E-state index in [1.165, 1.54) is 11.8 Å². The molecule has 0 unspecified atom stereocenters. The number of amides is 1. The van der Waals surface area contributed by atoms with E-state index in [-0.39, 0.29) is 18.1 Å². The second kappa shape index (κ2) is 9.89. The summed E-state index contributed by atoms with van der Waals surface area (Å²) in [5.41, 5.74) is 2.97. The largest absolute Gasteiger partial charge is 0.311 e. The molecule has 7 heteroatoms. The Kier molecular flexibility index (Phi) is 7.04. The molecular weight excluding hydrogens is 382 g/mol. The molecule has 1 aromatic heterocycles. The molecule has 29 heavy (non-hydrogen) atoms. The Balaban J connectivity index is 1.77. The lowest BCUT2D eigenvalue weighted by Crippen LogP contribution is -2.33. The number of rotatable bonds is 8. The molecule has 1 heterocycles. The predicted octanol–water partition coefficient (Wildman–Crippen LogP) is 4.31. The quantitative estimate of drug-likeness (QED) is 0.522. The van der Waals surface area contributed by atoms with Gasteiger partial charge in [-0.3, -0.25) is 4.79 Å². The van der Waals surface area contributed by atoms with Gasteiger partial charge in [0.25, 0.3) is 0 Å². The zero-order valence-corrected chi connectivity index (χ0v) is 17.4. The first-order valence-electron chi connectivity index (χ1n) is 9.50. The molecule has 0 radical (unpaired) electrons. The fourth-order valence-electron chi connectivity index (χ4n) is 3.08. The number of thioether (sulfide) groups is 1. The van der Waals surface area contributed by atoms with Crippen molar-refractivity contribution in [2.45, 2.75) is 32.0 Å². The Bertz CT molecular complexity index is 1010. The minimum Gasteiger partial charge on any atom is -0.311 e. The number of hydrogen-bond donors (Lipinski definition) is 0. The lowest BCUT2D eigenvalue weighted by atomic mass is 10.1. The van der Waals surface area contributed by atoms with Crippen molar-refractivity contribution in [3.05, 3.63) is 60.2 Å². The lowest BCUT2D eigenvalue weighted by molar-refractivity contribution is -0.116. The van der Waals surface area contributed by atoms with E-state index in [1.54, 1.807) is 4.90 Å². The highest BCUT2D eigenvalue weighted by Gasteiger charge is 2.19. The van der Waals surface area contributed by atoms with Gasteiger partial charge in [-0.2, -0.15) is 5.26 Å². The summed E-state index contributed by atoms with van der Waals surface area (Å²) in [5.74, 6) is 0.983. The van der Waals surface area contributed by atoms with Gasteiger partial charge in [-0.1, -0.05) is 54.2 Å². The number of aromatic nitrogens is 3. The molecule has 0 saturated carbocycles. The molecule has 3 aromatic rings. The zero-order valence-electron chi connectivity index (χ0n) is 16.6. The second-order valence-electron chi connectivity index (χ2n) is 6.44. The van der Waals surface area contributed by atoms with Crippen LogP contribution < -0.4 is 4.90 Å². The van der Waals surface area contributed by atoms with Gasteiger partial charge >= 0.3 is 0 Å². The Labute approximate surface area is 175 Å². The Morgan fingerprint density at radius 1 is 1.14 bits per heavy atom. The van der Waals surface area contributed by atoms with Crippen molar-refractivity contribution >= 4 is 23.4 Å². The van der Waals surface area contributed by atoms with Crippen LogP contribution in [0.2, 0.25) is 0 Å². The number of hydrogen-bond acceptors (Lipinski definition) is 5. The average molecular weight is 406 g/mol. The fraction of sp³-hybridized carbons (Fsp3) is 0.273. The van der Waals surface area contributed by atoms with E-state index in [0.717, 1.165) is 22.6 Å². The summed E-state index contributed by atoms with van der Waals surface area (Å²) in [6.07, 6.45) is 0.286. The van der Waals surface area contributed by atoms with Gasteiger partial charge in [-0.25, -0.2) is 0 Å². The third-order valence-corrected chi connectivity index (χ3v) is 5.51. The number of carbonyl (C=O) groups is 1. The molecule has 0 aliphatic rings. The van der Waals surface area contributed by atoms with Crippen molar-refractivity contribution in [1.82, 2.24) is 14.8 Å². The number of carbonyl (C=O) groups excluding carboxylic acids is 1. The molecule has 0 saturated heterocycles. The summed E-state index contributed by atoms with van der Waals surface area (Å²) in [7, 11) is 0. The van der Waals surface area contributed by atoms with E-state index in [1.807, 2.05) is 73.0 Å². The van der Waals surface area contributed by atoms with Crippen LogP contribution in [0.25, 0.3) is 11.4 Å². The van der Waals surface area contributed by atoms with Crippen LogP contribution in [-0.4, -0.2) is 33.0 Å². The highest BCUT2D eigenvalue weighted by molar-refractivity contribution is 7.99. The molecule has 0 aliphatic carbocycles. The molecule has 0 atom stereocenters. The van der Waals surface area contributed by atoms with Crippen LogP contribution in [0.4, 0.5) is 5.69 Å². The van der Waals surface area contributed by atoms with E-state index in [9.17, 15) is 4.79 Å². The molecular formula is C22H23N5OS. The van der Waals surface area contributed by atoms with E-state index < -0.39 is 0 Å². The molecule has 1 amide bonds. The van der Waals surface area contributed by atoms with Crippen molar-refractivity contribution < 1.29 is 4.79 Å². The minimum atomic E-state index is -0.0560. The summed E-state index contributed by atoms with van der Waals surface area (Å²) in [6.45, 7) is 5.17. The fourth-order valence-corrected chi connectivity index (χ4v) is 3.95. The van der Waals surface area contributed by atoms with Gasteiger partial charge < -0.3 is 9.47 Å². The number of benzene rings is 2. The van der Waals surface area contributed by atoms with Gasteiger partial charge in [-0.05, 0) is 31.5 Å². The third-order valence-electron chi connectivity index (χ3n) is 4.56. The van der Waals surface area contributed by atoms with Gasteiger partial charge in [0.05, 0.1) is 18.2 Å². The first-order chi connectivity index (χ1) is 14.2. The first kappa shape index (κ1) is 20.6. The van der Waals surface area contributed by atoms with Crippen LogP contribution in [0, 0.1) is 18.3 Å². The molecule has 2 aromatic carbocycles. The number of aryl methyl sites for hydroxylation is 1. The van der Waals surface area contributed by atoms with E-state index in [0.29, 0.717) is 18.2 Å². The number of para-hydroxylation sites is 1. The maximum absolute atomic E-state index is 12.9. The second-order valence-corrected chi connectivity index (χ2v) is 7.39. The molecule has 0 bridgehead atoms.